The first kappa shape index (κ1) is 7.52. The van der Waals surface area contributed by atoms with Crippen LogP contribution in [0.15, 0.2) is 0 Å². The number of nitrogens with one attached hydrogen (secondary N) is 1. The van der Waals surface area contributed by atoms with Crippen molar-refractivity contribution in [2.24, 2.45) is 5.92 Å². The van der Waals surface area contributed by atoms with Crippen LogP contribution >= 0.6 is 0 Å². The molecule has 0 amide bonds. The summed E-state index contributed by atoms with van der Waals surface area (Å²) in [7, 11) is 0. The topological polar surface area (TPSA) is 12.0 Å². The lowest BCUT2D eigenvalue weighted by atomic mass is 10.2. The van der Waals surface area contributed by atoms with E-state index in [2.05, 4.69) is 18.2 Å². The normalized spacial score (nSPS) is 12.6. The molecule has 8 heavy (non-hydrogen) atoms. The van der Waals surface area contributed by atoms with Crippen LogP contribution in [-0.4, -0.2) is 13.1 Å². The van der Waals surface area contributed by atoms with Gasteiger partial charge in [0.2, 0.25) is 0 Å². The third kappa shape index (κ3) is 3.70. The average Bonchev–Trinajstić information content (AvgIpc) is 1.83. The number of hydrogen-bond acceptors (Lipinski definition) is 1. The lowest BCUT2D eigenvalue weighted by Gasteiger charge is -2.01. The lowest BCUT2D eigenvalue weighted by Crippen LogP contribution is -2.19. The van der Waals surface area contributed by atoms with Crippen molar-refractivity contribution >= 4 is 0 Å². The summed E-state index contributed by atoms with van der Waals surface area (Å²) < 4.78 is 0. The van der Waals surface area contributed by atoms with Gasteiger partial charge in [-0.3, -0.25) is 0 Å². The Morgan fingerprint density at radius 3 is 2.75 bits per heavy atom. The summed E-state index contributed by atoms with van der Waals surface area (Å²) >= 11 is 0. The van der Waals surface area contributed by atoms with Crippen LogP contribution < -0.4 is 5.32 Å². The van der Waals surface area contributed by atoms with E-state index < -0.39 is 0 Å². The Hall–Kier alpha value is -0.480. The molecule has 0 saturated carbocycles. The van der Waals surface area contributed by atoms with E-state index in [0.29, 0.717) is 5.92 Å². The number of hydrogen-bond donors (Lipinski definition) is 1. The second-order valence-corrected chi connectivity index (χ2v) is 1.88. The lowest BCUT2D eigenvalue weighted by molar-refractivity contribution is 0.626. The highest BCUT2D eigenvalue weighted by molar-refractivity contribution is 4.90. The van der Waals surface area contributed by atoms with Crippen molar-refractivity contribution in [2.45, 2.75) is 13.8 Å². The van der Waals surface area contributed by atoms with Crippen molar-refractivity contribution in [3.8, 4) is 12.3 Å². The highest BCUT2D eigenvalue weighted by atomic mass is 14.8. The molecule has 1 N–H and O–H groups in total. The molecule has 0 heterocycles. The van der Waals surface area contributed by atoms with Gasteiger partial charge in [-0.05, 0) is 6.54 Å². The van der Waals surface area contributed by atoms with Crippen molar-refractivity contribution in [2.75, 3.05) is 13.1 Å². The zero-order chi connectivity index (χ0) is 6.41. The molecule has 46 valence electrons. The zero-order valence-electron chi connectivity index (χ0n) is 5.57. The zero-order valence-corrected chi connectivity index (χ0v) is 5.57. The van der Waals surface area contributed by atoms with Gasteiger partial charge in [-0.1, -0.05) is 13.8 Å². The third-order valence-corrected chi connectivity index (χ3v) is 0.985. The van der Waals surface area contributed by atoms with E-state index in [0.717, 1.165) is 13.1 Å². The smallest absolute Gasteiger partial charge is 0.0296 e. The standard InChI is InChI=1S/C7H13N/c1-4-7(3)6-8-5-2/h1,7-8H,5-6H2,2-3H3. The molecule has 0 aliphatic carbocycles. The second-order valence-electron chi connectivity index (χ2n) is 1.88. The molecule has 1 unspecified atom stereocenters. The van der Waals surface area contributed by atoms with Gasteiger partial charge >= 0.3 is 0 Å². The molecule has 0 aromatic carbocycles. The first-order chi connectivity index (χ1) is 3.81. The van der Waals surface area contributed by atoms with Crippen molar-refractivity contribution < 1.29 is 0 Å². The van der Waals surface area contributed by atoms with E-state index in [1.54, 1.807) is 0 Å². The maximum absolute atomic E-state index is 5.12. The van der Waals surface area contributed by atoms with Gasteiger partial charge in [0.05, 0.1) is 0 Å². The Balaban J connectivity index is 3.02. The van der Waals surface area contributed by atoms with Crippen molar-refractivity contribution in [1.82, 2.24) is 5.32 Å². The Labute approximate surface area is 51.5 Å². The molecule has 0 aromatic heterocycles. The maximum Gasteiger partial charge on any atom is 0.0296 e. The summed E-state index contributed by atoms with van der Waals surface area (Å²) in [5.74, 6) is 3.01. The summed E-state index contributed by atoms with van der Waals surface area (Å²) in [6.45, 7) is 6.05. The van der Waals surface area contributed by atoms with Crippen LogP contribution in [0.2, 0.25) is 0 Å². The minimum Gasteiger partial charge on any atom is -0.316 e. The van der Waals surface area contributed by atoms with E-state index in [9.17, 15) is 0 Å². The third-order valence-electron chi connectivity index (χ3n) is 0.985. The van der Waals surface area contributed by atoms with Gasteiger partial charge in [-0.25, -0.2) is 0 Å². The minimum atomic E-state index is 0.370. The number of rotatable bonds is 3. The molecule has 1 heteroatoms. The van der Waals surface area contributed by atoms with Crippen LogP contribution in [-0.2, 0) is 0 Å². The summed E-state index contributed by atoms with van der Waals surface area (Å²) in [5, 5.41) is 3.16. The SMILES string of the molecule is C#CC(C)CNCC. The Bertz CT molecular complexity index is 80.9. The summed E-state index contributed by atoms with van der Waals surface area (Å²) in [4.78, 5) is 0. The fourth-order valence-electron chi connectivity index (χ4n) is 0.420. The average molecular weight is 111 g/mol. The number of terminal acetylenes is 1. The Morgan fingerprint density at radius 2 is 2.38 bits per heavy atom. The van der Waals surface area contributed by atoms with Crippen molar-refractivity contribution in [3.63, 3.8) is 0 Å². The molecule has 0 saturated heterocycles. The molecule has 0 fully saturated rings. The first-order valence-electron chi connectivity index (χ1n) is 2.98. The van der Waals surface area contributed by atoms with Crippen LogP contribution in [0.25, 0.3) is 0 Å². The van der Waals surface area contributed by atoms with Crippen molar-refractivity contribution in [3.05, 3.63) is 0 Å². The van der Waals surface area contributed by atoms with E-state index in [-0.39, 0.29) is 0 Å². The molecular formula is C7H13N. The summed E-state index contributed by atoms with van der Waals surface area (Å²) in [6, 6.07) is 0. The van der Waals surface area contributed by atoms with Gasteiger partial charge in [-0.15, -0.1) is 12.3 Å². The molecule has 1 atom stereocenters. The quantitative estimate of drug-likeness (QED) is 0.533. The van der Waals surface area contributed by atoms with E-state index in [1.165, 1.54) is 0 Å². The van der Waals surface area contributed by atoms with Gasteiger partial charge in [-0.2, -0.15) is 0 Å². The maximum atomic E-state index is 5.12. The largest absolute Gasteiger partial charge is 0.316 e. The summed E-state index contributed by atoms with van der Waals surface area (Å²) in [6.07, 6.45) is 5.12. The van der Waals surface area contributed by atoms with Gasteiger partial charge in [0.15, 0.2) is 0 Å². The summed E-state index contributed by atoms with van der Waals surface area (Å²) in [5.41, 5.74) is 0. The predicted molar refractivity (Wildman–Crippen MR) is 36.5 cm³/mol. The second kappa shape index (κ2) is 4.67. The molecule has 0 aliphatic rings. The minimum absolute atomic E-state index is 0.370. The monoisotopic (exact) mass is 111 g/mol. The van der Waals surface area contributed by atoms with Crippen LogP contribution in [0.5, 0.6) is 0 Å². The molecule has 1 nitrogen and oxygen atoms in total. The molecule has 0 spiro atoms. The Kier molecular flexibility index (Phi) is 4.39. The van der Waals surface area contributed by atoms with Crippen LogP contribution in [0.1, 0.15) is 13.8 Å². The van der Waals surface area contributed by atoms with Crippen LogP contribution in [0, 0.1) is 18.3 Å². The van der Waals surface area contributed by atoms with Crippen LogP contribution in [0.3, 0.4) is 0 Å². The molecular weight excluding hydrogens is 98.1 g/mol. The fraction of sp³-hybridized carbons (Fsp3) is 0.714. The van der Waals surface area contributed by atoms with E-state index in [1.807, 2.05) is 6.92 Å². The van der Waals surface area contributed by atoms with Crippen LogP contribution in [0.4, 0.5) is 0 Å². The van der Waals surface area contributed by atoms with E-state index >= 15 is 0 Å². The van der Waals surface area contributed by atoms with Gasteiger partial charge in [0.1, 0.15) is 0 Å². The van der Waals surface area contributed by atoms with Gasteiger partial charge in [0.25, 0.3) is 0 Å². The predicted octanol–water partition coefficient (Wildman–Crippen LogP) is 0.865. The van der Waals surface area contributed by atoms with Gasteiger partial charge in [0, 0.05) is 12.5 Å². The molecule has 0 rings (SSSR count). The molecule has 0 aliphatic heterocycles. The highest BCUT2D eigenvalue weighted by Crippen LogP contribution is 1.85. The fourth-order valence-corrected chi connectivity index (χ4v) is 0.420. The highest BCUT2D eigenvalue weighted by Gasteiger charge is 1.90. The van der Waals surface area contributed by atoms with Crippen molar-refractivity contribution in [1.29, 1.82) is 0 Å². The molecule has 0 bridgehead atoms. The Morgan fingerprint density at radius 1 is 1.75 bits per heavy atom. The molecule has 0 radical (unpaired) electrons. The molecule has 0 aromatic rings. The van der Waals surface area contributed by atoms with Gasteiger partial charge < -0.3 is 5.32 Å². The van der Waals surface area contributed by atoms with E-state index in [4.69, 9.17) is 6.42 Å². The first-order valence-corrected chi connectivity index (χ1v) is 2.98.